The van der Waals surface area contributed by atoms with Gasteiger partial charge in [-0.2, -0.15) is 5.26 Å². The molecule has 27 heavy (non-hydrogen) atoms. The van der Waals surface area contributed by atoms with Crippen LogP contribution in [0.1, 0.15) is 49.9 Å². The normalized spacial score (nSPS) is 16.3. The molecule has 1 N–H and O–H groups in total. The van der Waals surface area contributed by atoms with Crippen LogP contribution >= 0.6 is 11.8 Å². The van der Waals surface area contributed by atoms with E-state index >= 15 is 0 Å². The fraction of sp³-hybridized carbons (Fsp3) is 0.500. The van der Waals surface area contributed by atoms with Gasteiger partial charge in [-0.1, -0.05) is 55.6 Å². The van der Waals surface area contributed by atoms with Crippen LogP contribution in [0.25, 0.3) is 5.69 Å². The van der Waals surface area contributed by atoms with Crippen molar-refractivity contribution in [2.24, 2.45) is 0 Å². The number of carbonyl (C=O) groups is 1. The zero-order valence-electron chi connectivity index (χ0n) is 15.9. The van der Waals surface area contributed by atoms with Crippen LogP contribution in [0.4, 0.5) is 0 Å². The number of aromatic nitrogens is 3. The molecule has 0 aliphatic heterocycles. The van der Waals surface area contributed by atoms with Crippen molar-refractivity contribution in [3.8, 4) is 11.8 Å². The second kappa shape index (κ2) is 8.57. The Morgan fingerprint density at radius 2 is 1.93 bits per heavy atom. The van der Waals surface area contributed by atoms with Crippen molar-refractivity contribution in [1.82, 2.24) is 20.1 Å². The van der Waals surface area contributed by atoms with Crippen LogP contribution in [0.3, 0.4) is 0 Å². The van der Waals surface area contributed by atoms with E-state index < -0.39 is 5.54 Å². The van der Waals surface area contributed by atoms with E-state index in [2.05, 4.69) is 21.6 Å². The summed E-state index contributed by atoms with van der Waals surface area (Å²) in [5, 5.41) is 21.7. The number of carbonyl (C=O) groups excluding carboxylic acids is 1. The number of hydrogen-bond donors (Lipinski definition) is 1. The molecular formula is C20H25N5OS. The predicted octanol–water partition coefficient (Wildman–Crippen LogP) is 3.71. The minimum atomic E-state index is -0.715. The topological polar surface area (TPSA) is 83.6 Å². The van der Waals surface area contributed by atoms with E-state index in [1.807, 2.05) is 42.7 Å². The van der Waals surface area contributed by atoms with Crippen molar-refractivity contribution >= 4 is 17.7 Å². The number of nitriles is 1. The molecule has 1 aliphatic carbocycles. The van der Waals surface area contributed by atoms with Crippen molar-refractivity contribution < 1.29 is 4.79 Å². The summed E-state index contributed by atoms with van der Waals surface area (Å²) in [6.07, 6.45) is 5.71. The number of nitrogens with zero attached hydrogens (tertiary/aromatic N) is 4. The van der Waals surface area contributed by atoms with Crippen LogP contribution in [0.15, 0.2) is 29.4 Å². The third-order valence-corrected chi connectivity index (χ3v) is 5.96. The summed E-state index contributed by atoms with van der Waals surface area (Å²) in [5.74, 6) is 0.873. The maximum absolute atomic E-state index is 12.5. The fourth-order valence-corrected chi connectivity index (χ4v) is 4.35. The maximum atomic E-state index is 12.5. The number of nitrogens with one attached hydrogen (secondary N) is 1. The first kappa shape index (κ1) is 19.4. The van der Waals surface area contributed by atoms with Gasteiger partial charge in [0.1, 0.15) is 11.4 Å². The fourth-order valence-electron chi connectivity index (χ4n) is 3.56. The summed E-state index contributed by atoms with van der Waals surface area (Å²) in [6.45, 7) is 3.94. The van der Waals surface area contributed by atoms with Crippen molar-refractivity contribution in [2.75, 3.05) is 5.75 Å². The summed E-state index contributed by atoms with van der Waals surface area (Å²) >= 11 is 1.35. The summed E-state index contributed by atoms with van der Waals surface area (Å²) in [4.78, 5) is 12.5. The molecule has 142 valence electrons. The molecule has 0 bridgehead atoms. The lowest BCUT2D eigenvalue weighted by atomic mass is 9.92. The Labute approximate surface area is 164 Å². The van der Waals surface area contributed by atoms with E-state index in [9.17, 15) is 10.1 Å². The molecular weight excluding hydrogens is 358 g/mol. The summed E-state index contributed by atoms with van der Waals surface area (Å²) in [6, 6.07) is 10.4. The number of benzene rings is 1. The highest BCUT2D eigenvalue weighted by molar-refractivity contribution is 7.99. The van der Waals surface area contributed by atoms with Crippen LogP contribution in [0, 0.1) is 25.2 Å². The Hall–Kier alpha value is -2.33. The summed E-state index contributed by atoms with van der Waals surface area (Å²) in [7, 11) is 0. The average molecular weight is 384 g/mol. The quantitative estimate of drug-likeness (QED) is 0.628. The third kappa shape index (κ3) is 4.51. The molecule has 2 aromatic rings. The van der Waals surface area contributed by atoms with E-state index in [0.717, 1.165) is 55.6 Å². The molecule has 1 aliphatic rings. The molecule has 1 aromatic heterocycles. The van der Waals surface area contributed by atoms with Gasteiger partial charge < -0.3 is 5.32 Å². The first-order valence-corrected chi connectivity index (χ1v) is 10.4. The number of amides is 1. The molecule has 1 fully saturated rings. The number of aryl methyl sites for hydroxylation is 2. The Bertz CT molecular complexity index is 846. The smallest absolute Gasteiger partial charge is 0.231 e. The lowest BCUT2D eigenvalue weighted by molar-refractivity contribution is -0.120. The van der Waals surface area contributed by atoms with Gasteiger partial charge in [-0.05, 0) is 38.3 Å². The van der Waals surface area contributed by atoms with Gasteiger partial charge in [-0.15, -0.1) is 10.2 Å². The molecule has 6 nitrogen and oxygen atoms in total. The van der Waals surface area contributed by atoms with Gasteiger partial charge in [0.25, 0.3) is 0 Å². The lowest BCUT2D eigenvalue weighted by Gasteiger charge is -2.26. The molecule has 0 atom stereocenters. The summed E-state index contributed by atoms with van der Waals surface area (Å²) in [5.41, 5.74) is 1.42. The maximum Gasteiger partial charge on any atom is 0.231 e. The van der Waals surface area contributed by atoms with Crippen molar-refractivity contribution in [2.45, 2.75) is 63.1 Å². The van der Waals surface area contributed by atoms with Crippen LogP contribution in [-0.4, -0.2) is 32.0 Å². The number of hydrogen-bond acceptors (Lipinski definition) is 5. The molecule has 0 spiro atoms. The van der Waals surface area contributed by atoms with E-state index in [1.165, 1.54) is 11.8 Å². The van der Waals surface area contributed by atoms with Gasteiger partial charge in [-0.3, -0.25) is 9.36 Å². The monoisotopic (exact) mass is 383 g/mol. The lowest BCUT2D eigenvalue weighted by Crippen LogP contribution is -2.47. The second-order valence-corrected chi connectivity index (χ2v) is 8.04. The molecule has 7 heteroatoms. The highest BCUT2D eigenvalue weighted by Crippen LogP contribution is 2.28. The van der Waals surface area contributed by atoms with Gasteiger partial charge in [0.15, 0.2) is 5.16 Å². The number of para-hydroxylation sites is 1. The van der Waals surface area contributed by atoms with E-state index in [4.69, 9.17) is 0 Å². The zero-order chi connectivity index (χ0) is 19.3. The molecule has 0 radical (unpaired) electrons. The van der Waals surface area contributed by atoms with Gasteiger partial charge >= 0.3 is 0 Å². The molecule has 1 heterocycles. The van der Waals surface area contributed by atoms with E-state index in [1.54, 1.807) is 0 Å². The minimum absolute atomic E-state index is 0.125. The zero-order valence-corrected chi connectivity index (χ0v) is 16.7. The minimum Gasteiger partial charge on any atom is -0.337 e. The summed E-state index contributed by atoms with van der Waals surface area (Å²) < 4.78 is 1.97. The Balaban J connectivity index is 1.70. The SMILES string of the molecule is Cc1ccccc1-n1c(C)nnc1SCC(=O)NC1(C#N)CCCCCC1. The predicted molar refractivity (Wildman–Crippen MR) is 106 cm³/mol. The van der Waals surface area contributed by atoms with Crippen LogP contribution in [0.2, 0.25) is 0 Å². The molecule has 1 saturated carbocycles. The van der Waals surface area contributed by atoms with E-state index in [-0.39, 0.29) is 11.7 Å². The Kier molecular flexibility index (Phi) is 6.17. The molecule has 0 saturated heterocycles. The third-order valence-electron chi connectivity index (χ3n) is 5.03. The van der Waals surface area contributed by atoms with Crippen LogP contribution < -0.4 is 5.32 Å². The standard InChI is InChI=1S/C20H25N5OS/c1-15-9-5-6-10-17(15)25-16(2)23-24-19(25)27-13-18(26)22-20(14-21)11-7-3-4-8-12-20/h5-6,9-10H,3-4,7-8,11-13H2,1-2H3,(H,22,26). The number of rotatable bonds is 5. The molecule has 1 aromatic carbocycles. The van der Waals surface area contributed by atoms with Gasteiger partial charge in [0.2, 0.25) is 5.91 Å². The van der Waals surface area contributed by atoms with E-state index in [0.29, 0.717) is 5.16 Å². The molecule has 0 unspecified atom stereocenters. The highest BCUT2D eigenvalue weighted by atomic mass is 32.2. The first-order chi connectivity index (χ1) is 13.0. The van der Waals surface area contributed by atoms with Crippen LogP contribution in [-0.2, 0) is 4.79 Å². The van der Waals surface area contributed by atoms with Crippen molar-refractivity contribution in [3.05, 3.63) is 35.7 Å². The Morgan fingerprint density at radius 3 is 2.59 bits per heavy atom. The van der Waals surface area contributed by atoms with Crippen LogP contribution in [0.5, 0.6) is 0 Å². The number of thioether (sulfide) groups is 1. The van der Waals surface area contributed by atoms with Crippen molar-refractivity contribution in [3.63, 3.8) is 0 Å². The molecule has 3 rings (SSSR count). The second-order valence-electron chi connectivity index (χ2n) is 7.10. The largest absolute Gasteiger partial charge is 0.337 e. The van der Waals surface area contributed by atoms with Gasteiger partial charge in [0.05, 0.1) is 17.5 Å². The van der Waals surface area contributed by atoms with Gasteiger partial charge in [0, 0.05) is 0 Å². The van der Waals surface area contributed by atoms with Gasteiger partial charge in [-0.25, -0.2) is 0 Å². The molecule has 1 amide bonds. The highest BCUT2D eigenvalue weighted by Gasteiger charge is 2.32. The first-order valence-electron chi connectivity index (χ1n) is 9.38. The Morgan fingerprint density at radius 1 is 1.22 bits per heavy atom. The van der Waals surface area contributed by atoms with Crippen molar-refractivity contribution in [1.29, 1.82) is 5.26 Å². The average Bonchev–Trinajstić information content (AvgIpc) is 2.87.